The van der Waals surface area contributed by atoms with Crippen LogP contribution in [0.4, 0.5) is 0 Å². The van der Waals surface area contributed by atoms with Crippen molar-refractivity contribution in [1.82, 2.24) is 9.55 Å². The summed E-state index contributed by atoms with van der Waals surface area (Å²) in [6.07, 6.45) is 3.84. The second-order valence-corrected chi connectivity index (χ2v) is 7.29. The molecule has 0 amide bonds. The van der Waals surface area contributed by atoms with E-state index in [1.807, 2.05) is 62.4 Å². The molecule has 126 valence electrons. The molecule has 3 aromatic rings. The van der Waals surface area contributed by atoms with Gasteiger partial charge in [0.2, 0.25) is 0 Å². The van der Waals surface area contributed by atoms with E-state index < -0.39 is 0 Å². The summed E-state index contributed by atoms with van der Waals surface area (Å²) in [5.41, 5.74) is 2.56. The van der Waals surface area contributed by atoms with Crippen molar-refractivity contribution in [3.8, 4) is 5.69 Å². The van der Waals surface area contributed by atoms with Crippen LogP contribution >= 0.6 is 11.8 Å². The number of pyridine rings is 2. The van der Waals surface area contributed by atoms with Crippen molar-refractivity contribution in [2.75, 3.05) is 0 Å². The Kier molecular flexibility index (Phi) is 4.09. The van der Waals surface area contributed by atoms with Gasteiger partial charge in [0.1, 0.15) is 11.8 Å². The first-order valence-electron chi connectivity index (χ1n) is 8.21. The number of ether oxygens (including phenoxy) is 1. The van der Waals surface area contributed by atoms with Gasteiger partial charge in [-0.1, -0.05) is 30.0 Å². The van der Waals surface area contributed by atoms with Crippen molar-refractivity contribution >= 4 is 22.8 Å². The number of aryl methyl sites for hydroxylation is 1. The molecule has 4 rings (SSSR count). The molecule has 4 nitrogen and oxygen atoms in total. The van der Waals surface area contributed by atoms with E-state index >= 15 is 0 Å². The number of rotatable bonds is 3. The monoisotopic (exact) mass is 350 g/mol. The molecule has 1 aromatic carbocycles. The zero-order valence-corrected chi connectivity index (χ0v) is 14.9. The topological polar surface area (TPSA) is 44.1 Å². The van der Waals surface area contributed by atoms with E-state index in [1.165, 1.54) is 0 Å². The van der Waals surface area contributed by atoms with E-state index in [0.29, 0.717) is 11.0 Å². The van der Waals surface area contributed by atoms with Crippen molar-refractivity contribution in [1.29, 1.82) is 0 Å². The van der Waals surface area contributed by atoms with Gasteiger partial charge in [0.05, 0.1) is 21.9 Å². The van der Waals surface area contributed by atoms with E-state index in [1.54, 1.807) is 24.1 Å². The molecule has 1 aliphatic rings. The van der Waals surface area contributed by atoms with E-state index in [-0.39, 0.29) is 16.8 Å². The molecule has 2 atom stereocenters. The molecule has 0 saturated carbocycles. The lowest BCUT2D eigenvalue weighted by molar-refractivity contribution is 0.192. The summed E-state index contributed by atoms with van der Waals surface area (Å²) in [5, 5.41) is 1.66. The number of benzene rings is 1. The highest BCUT2D eigenvalue weighted by atomic mass is 32.2. The minimum Gasteiger partial charge on any atom is -0.497 e. The zero-order valence-electron chi connectivity index (χ0n) is 14.0. The lowest BCUT2D eigenvalue weighted by atomic mass is 10.2. The number of hydrogen-bond acceptors (Lipinski definition) is 4. The number of fused-ring (bicyclic) bond motifs is 1. The molecule has 0 N–H and O–H groups in total. The molecular weight excluding hydrogens is 332 g/mol. The molecule has 0 saturated heterocycles. The van der Waals surface area contributed by atoms with Crippen LogP contribution in [-0.2, 0) is 4.74 Å². The second-order valence-electron chi connectivity index (χ2n) is 6.09. The van der Waals surface area contributed by atoms with Gasteiger partial charge < -0.3 is 4.74 Å². The number of aromatic nitrogens is 2. The first kappa shape index (κ1) is 16.0. The highest BCUT2D eigenvalue weighted by Gasteiger charge is 2.23. The average Bonchev–Trinajstić information content (AvgIpc) is 3.00. The Balaban J connectivity index is 1.97. The predicted octanol–water partition coefficient (Wildman–Crippen LogP) is 4.09. The number of hydrogen-bond donors (Lipinski definition) is 0. The Hall–Kier alpha value is -2.53. The largest absolute Gasteiger partial charge is 0.497 e. The van der Waals surface area contributed by atoms with Gasteiger partial charge in [-0.2, -0.15) is 0 Å². The molecule has 1 aliphatic heterocycles. The zero-order chi connectivity index (χ0) is 17.4. The van der Waals surface area contributed by atoms with Crippen molar-refractivity contribution in [3.05, 3.63) is 76.8 Å². The Labute approximate surface area is 150 Å². The van der Waals surface area contributed by atoms with Gasteiger partial charge >= 0.3 is 0 Å². The molecule has 0 aliphatic carbocycles. The van der Waals surface area contributed by atoms with E-state index in [4.69, 9.17) is 4.74 Å². The van der Waals surface area contributed by atoms with E-state index in [0.717, 1.165) is 16.4 Å². The number of thioether (sulfide) groups is 1. The van der Waals surface area contributed by atoms with Crippen molar-refractivity contribution < 1.29 is 4.74 Å². The fraction of sp³-hybridized carbons (Fsp3) is 0.200. The standard InChI is InChI=1S/C20H18N2O2S/c1-13-8-9-16-17(23)12-19(25-18-10-11-24-14(18)2)22(20(16)21-13)15-6-4-3-5-7-15/h3-12,14,18H,1-2H3. The van der Waals surface area contributed by atoms with Crippen molar-refractivity contribution in [2.24, 2.45) is 0 Å². The third-order valence-electron chi connectivity index (χ3n) is 4.26. The SMILES string of the molecule is Cc1ccc2c(=O)cc(SC3C=COC3C)n(-c3ccccc3)c2n1. The van der Waals surface area contributed by atoms with Crippen LogP contribution in [0.15, 0.2) is 70.7 Å². The molecule has 2 aromatic heterocycles. The molecule has 0 radical (unpaired) electrons. The van der Waals surface area contributed by atoms with Crippen LogP contribution in [0.3, 0.4) is 0 Å². The molecule has 25 heavy (non-hydrogen) atoms. The molecule has 0 bridgehead atoms. The maximum absolute atomic E-state index is 12.6. The highest BCUT2D eigenvalue weighted by molar-refractivity contribution is 8.00. The summed E-state index contributed by atoms with van der Waals surface area (Å²) in [4.78, 5) is 17.3. The molecule has 2 unspecified atom stereocenters. The quantitative estimate of drug-likeness (QED) is 0.714. The third-order valence-corrected chi connectivity index (χ3v) is 5.62. The van der Waals surface area contributed by atoms with Crippen molar-refractivity contribution in [3.63, 3.8) is 0 Å². The summed E-state index contributed by atoms with van der Waals surface area (Å²) >= 11 is 1.63. The maximum atomic E-state index is 12.6. The molecule has 3 heterocycles. The smallest absolute Gasteiger partial charge is 0.192 e. The molecule has 0 spiro atoms. The summed E-state index contributed by atoms with van der Waals surface area (Å²) in [6.45, 7) is 3.97. The second kappa shape index (κ2) is 6.41. The predicted molar refractivity (Wildman–Crippen MR) is 101 cm³/mol. The third kappa shape index (κ3) is 2.96. The molecule has 5 heteroatoms. The Bertz CT molecular complexity index is 1010. The Morgan fingerprint density at radius 3 is 2.68 bits per heavy atom. The minimum atomic E-state index is -0.00673. The van der Waals surface area contributed by atoms with Crippen LogP contribution in [0.25, 0.3) is 16.7 Å². The first-order chi connectivity index (χ1) is 12.1. The van der Waals surface area contributed by atoms with Crippen LogP contribution in [-0.4, -0.2) is 20.9 Å². The molecular formula is C20H18N2O2S. The van der Waals surface area contributed by atoms with Gasteiger partial charge in [0.15, 0.2) is 5.43 Å². The van der Waals surface area contributed by atoms with E-state index in [9.17, 15) is 4.79 Å². The summed E-state index contributed by atoms with van der Waals surface area (Å²) in [7, 11) is 0. The summed E-state index contributed by atoms with van der Waals surface area (Å²) < 4.78 is 7.58. The van der Waals surface area contributed by atoms with Crippen LogP contribution in [0.5, 0.6) is 0 Å². The van der Waals surface area contributed by atoms with Gasteiger partial charge in [-0.05, 0) is 44.2 Å². The average molecular weight is 350 g/mol. The first-order valence-corrected chi connectivity index (χ1v) is 9.09. The number of para-hydroxylation sites is 1. The van der Waals surface area contributed by atoms with Crippen LogP contribution in [0.1, 0.15) is 12.6 Å². The van der Waals surface area contributed by atoms with Gasteiger partial charge in [-0.15, -0.1) is 0 Å². The maximum Gasteiger partial charge on any atom is 0.192 e. The summed E-state index contributed by atoms with van der Waals surface area (Å²) in [5.74, 6) is 0. The van der Waals surface area contributed by atoms with Gasteiger partial charge in [-0.25, -0.2) is 4.98 Å². The van der Waals surface area contributed by atoms with Crippen LogP contribution in [0, 0.1) is 6.92 Å². The lowest BCUT2D eigenvalue weighted by Gasteiger charge is -2.19. The number of nitrogens with zero attached hydrogens (tertiary/aromatic N) is 2. The van der Waals surface area contributed by atoms with Gasteiger partial charge in [0, 0.05) is 17.4 Å². The van der Waals surface area contributed by atoms with E-state index in [2.05, 4.69) is 9.55 Å². The van der Waals surface area contributed by atoms with Crippen LogP contribution < -0.4 is 5.43 Å². The Morgan fingerprint density at radius 1 is 1.16 bits per heavy atom. The van der Waals surface area contributed by atoms with Crippen LogP contribution in [0.2, 0.25) is 0 Å². The highest BCUT2D eigenvalue weighted by Crippen LogP contribution is 2.33. The lowest BCUT2D eigenvalue weighted by Crippen LogP contribution is -2.17. The molecule has 0 fully saturated rings. The Morgan fingerprint density at radius 2 is 1.96 bits per heavy atom. The normalized spacial score (nSPS) is 19.3. The fourth-order valence-corrected chi connectivity index (χ4v) is 4.08. The van der Waals surface area contributed by atoms with Gasteiger partial charge in [-0.3, -0.25) is 9.36 Å². The fourth-order valence-electron chi connectivity index (χ4n) is 2.93. The summed E-state index contributed by atoms with van der Waals surface area (Å²) in [6, 6.07) is 15.5. The van der Waals surface area contributed by atoms with Gasteiger partial charge in [0.25, 0.3) is 0 Å². The van der Waals surface area contributed by atoms with Crippen molar-refractivity contribution in [2.45, 2.75) is 30.2 Å². The minimum absolute atomic E-state index is 0.00673.